The molecule has 0 aromatic rings. The maximum atomic E-state index is 11.6. The molecule has 1 saturated carbocycles. The Morgan fingerprint density at radius 1 is 1.20 bits per heavy atom. The first-order chi connectivity index (χ1) is 7.26. The third-order valence-electron chi connectivity index (χ3n) is 3.90. The van der Waals surface area contributed by atoms with Gasteiger partial charge in [0.25, 0.3) is 0 Å². The lowest BCUT2D eigenvalue weighted by Crippen LogP contribution is -2.40. The zero-order chi connectivity index (χ0) is 10.7. The number of rotatable bonds is 3. The van der Waals surface area contributed by atoms with Crippen LogP contribution in [0.5, 0.6) is 0 Å². The molecule has 0 radical (unpaired) electrons. The van der Waals surface area contributed by atoms with E-state index >= 15 is 0 Å². The van der Waals surface area contributed by atoms with Crippen LogP contribution in [0.1, 0.15) is 44.9 Å². The predicted molar refractivity (Wildman–Crippen MR) is 65.1 cm³/mol. The molecule has 0 atom stereocenters. The van der Waals surface area contributed by atoms with Crippen LogP contribution in [0.2, 0.25) is 0 Å². The molecule has 2 fully saturated rings. The van der Waals surface area contributed by atoms with Crippen LogP contribution >= 0.6 is 15.9 Å². The Morgan fingerprint density at radius 3 is 2.47 bits per heavy atom. The molecular weight excluding hydrogens is 254 g/mol. The number of alkyl halides is 1. The van der Waals surface area contributed by atoms with Crippen molar-refractivity contribution in [1.29, 1.82) is 0 Å². The van der Waals surface area contributed by atoms with Gasteiger partial charge in [-0.25, -0.2) is 0 Å². The average Bonchev–Trinajstić information content (AvgIpc) is 2.66. The molecule has 15 heavy (non-hydrogen) atoms. The SMILES string of the molecule is O=C1CCCN1CC1(CBr)CCCCC1. The predicted octanol–water partition coefficient (Wildman–Crippen LogP) is 2.95. The highest BCUT2D eigenvalue weighted by molar-refractivity contribution is 9.09. The summed E-state index contributed by atoms with van der Waals surface area (Å²) < 4.78 is 0. The van der Waals surface area contributed by atoms with E-state index in [2.05, 4.69) is 20.8 Å². The Kier molecular flexibility index (Phi) is 3.70. The van der Waals surface area contributed by atoms with Crippen LogP contribution in [0.3, 0.4) is 0 Å². The summed E-state index contributed by atoms with van der Waals surface area (Å²) in [5.74, 6) is 0.376. The lowest BCUT2D eigenvalue weighted by Gasteiger charge is -2.38. The molecule has 1 aliphatic carbocycles. The molecular formula is C12H20BrNO. The summed E-state index contributed by atoms with van der Waals surface area (Å²) in [4.78, 5) is 13.7. The number of hydrogen-bond donors (Lipinski definition) is 0. The molecule has 3 heteroatoms. The zero-order valence-electron chi connectivity index (χ0n) is 9.30. The van der Waals surface area contributed by atoms with Gasteiger partial charge in [0.2, 0.25) is 5.91 Å². The summed E-state index contributed by atoms with van der Waals surface area (Å²) in [6.07, 6.45) is 8.49. The van der Waals surface area contributed by atoms with Crippen molar-refractivity contribution in [1.82, 2.24) is 4.90 Å². The first-order valence-corrected chi connectivity index (χ1v) is 7.22. The minimum Gasteiger partial charge on any atom is -0.342 e. The fourth-order valence-electron chi connectivity index (χ4n) is 2.91. The number of likely N-dealkylation sites (tertiary alicyclic amines) is 1. The van der Waals surface area contributed by atoms with Crippen LogP contribution in [0, 0.1) is 5.41 Å². The zero-order valence-corrected chi connectivity index (χ0v) is 10.9. The summed E-state index contributed by atoms with van der Waals surface area (Å²) >= 11 is 3.66. The molecule has 0 spiro atoms. The Hall–Kier alpha value is -0.0500. The largest absolute Gasteiger partial charge is 0.342 e. The Labute approximate surface area is 101 Å². The molecule has 1 saturated heterocycles. The molecule has 1 amide bonds. The van der Waals surface area contributed by atoms with Crippen LogP contribution in [0.25, 0.3) is 0 Å². The normalized spacial score (nSPS) is 25.9. The number of halogens is 1. The van der Waals surface area contributed by atoms with Gasteiger partial charge in [0, 0.05) is 24.8 Å². The lowest BCUT2D eigenvalue weighted by atomic mass is 9.75. The van der Waals surface area contributed by atoms with Gasteiger partial charge in [-0.05, 0) is 24.7 Å². The maximum absolute atomic E-state index is 11.6. The summed E-state index contributed by atoms with van der Waals surface area (Å²) in [6, 6.07) is 0. The van der Waals surface area contributed by atoms with E-state index in [9.17, 15) is 4.79 Å². The van der Waals surface area contributed by atoms with Gasteiger partial charge in [0.15, 0.2) is 0 Å². The molecule has 0 bridgehead atoms. The first kappa shape index (κ1) is 11.4. The second-order valence-corrected chi connectivity index (χ2v) is 5.67. The van der Waals surface area contributed by atoms with Crippen LogP contribution in [0.4, 0.5) is 0 Å². The topological polar surface area (TPSA) is 20.3 Å². The van der Waals surface area contributed by atoms with E-state index in [-0.39, 0.29) is 0 Å². The summed E-state index contributed by atoms with van der Waals surface area (Å²) in [5, 5.41) is 1.06. The second-order valence-electron chi connectivity index (χ2n) is 5.11. The van der Waals surface area contributed by atoms with Gasteiger partial charge >= 0.3 is 0 Å². The number of nitrogens with zero attached hydrogens (tertiary/aromatic N) is 1. The van der Waals surface area contributed by atoms with Gasteiger partial charge < -0.3 is 4.90 Å². The van der Waals surface area contributed by atoms with Crippen LogP contribution in [0.15, 0.2) is 0 Å². The molecule has 0 unspecified atom stereocenters. The van der Waals surface area contributed by atoms with Gasteiger partial charge in [-0.2, -0.15) is 0 Å². The van der Waals surface area contributed by atoms with Crippen molar-refractivity contribution in [3.63, 3.8) is 0 Å². The van der Waals surface area contributed by atoms with E-state index in [0.717, 1.165) is 31.3 Å². The number of carbonyl (C=O) groups excluding carboxylic acids is 1. The molecule has 2 nitrogen and oxygen atoms in total. The van der Waals surface area contributed by atoms with Gasteiger partial charge in [-0.3, -0.25) is 4.79 Å². The van der Waals surface area contributed by atoms with E-state index in [1.54, 1.807) is 0 Å². The number of carbonyl (C=O) groups is 1. The smallest absolute Gasteiger partial charge is 0.222 e. The highest BCUT2D eigenvalue weighted by atomic mass is 79.9. The number of hydrogen-bond acceptors (Lipinski definition) is 1. The molecule has 1 heterocycles. The lowest BCUT2D eigenvalue weighted by molar-refractivity contribution is -0.129. The molecule has 0 N–H and O–H groups in total. The standard InChI is InChI=1S/C12H20BrNO/c13-9-12(6-2-1-3-7-12)10-14-8-4-5-11(14)15/h1-10H2. The third-order valence-corrected chi connectivity index (χ3v) is 5.08. The Bertz CT molecular complexity index is 236. The first-order valence-electron chi connectivity index (χ1n) is 6.10. The average molecular weight is 274 g/mol. The van der Waals surface area contributed by atoms with Gasteiger partial charge in [0.1, 0.15) is 0 Å². The highest BCUT2D eigenvalue weighted by Crippen LogP contribution is 2.39. The molecule has 0 aromatic carbocycles. The van der Waals surface area contributed by atoms with Crippen molar-refractivity contribution < 1.29 is 4.79 Å². The quantitative estimate of drug-likeness (QED) is 0.724. The van der Waals surface area contributed by atoms with E-state index in [0.29, 0.717) is 11.3 Å². The highest BCUT2D eigenvalue weighted by Gasteiger charge is 2.35. The maximum Gasteiger partial charge on any atom is 0.222 e. The summed E-state index contributed by atoms with van der Waals surface area (Å²) in [5.41, 5.74) is 0.387. The van der Waals surface area contributed by atoms with Gasteiger partial charge in [0.05, 0.1) is 0 Å². The van der Waals surface area contributed by atoms with Crippen molar-refractivity contribution in [2.75, 3.05) is 18.4 Å². The van der Waals surface area contributed by atoms with Crippen LogP contribution < -0.4 is 0 Å². The minimum atomic E-state index is 0.376. The van der Waals surface area contributed by atoms with E-state index in [1.165, 1.54) is 32.1 Å². The Balaban J connectivity index is 1.97. The van der Waals surface area contributed by atoms with Crippen molar-refractivity contribution in [2.45, 2.75) is 44.9 Å². The fourth-order valence-corrected chi connectivity index (χ4v) is 3.65. The van der Waals surface area contributed by atoms with E-state index in [1.807, 2.05) is 0 Å². The fraction of sp³-hybridized carbons (Fsp3) is 0.917. The molecule has 2 rings (SSSR count). The van der Waals surface area contributed by atoms with Crippen LogP contribution in [-0.2, 0) is 4.79 Å². The minimum absolute atomic E-state index is 0.376. The summed E-state index contributed by atoms with van der Waals surface area (Å²) in [7, 11) is 0. The van der Waals surface area contributed by atoms with Crippen molar-refractivity contribution in [3.05, 3.63) is 0 Å². The van der Waals surface area contributed by atoms with Crippen molar-refractivity contribution in [3.8, 4) is 0 Å². The van der Waals surface area contributed by atoms with Crippen molar-refractivity contribution >= 4 is 21.8 Å². The molecule has 1 aliphatic heterocycles. The monoisotopic (exact) mass is 273 g/mol. The van der Waals surface area contributed by atoms with Crippen LogP contribution in [-0.4, -0.2) is 29.2 Å². The van der Waals surface area contributed by atoms with E-state index in [4.69, 9.17) is 0 Å². The van der Waals surface area contributed by atoms with Gasteiger partial charge in [-0.15, -0.1) is 0 Å². The van der Waals surface area contributed by atoms with E-state index < -0.39 is 0 Å². The molecule has 0 aromatic heterocycles. The Morgan fingerprint density at radius 2 is 1.93 bits per heavy atom. The molecule has 2 aliphatic rings. The van der Waals surface area contributed by atoms with Crippen molar-refractivity contribution in [2.24, 2.45) is 5.41 Å². The second kappa shape index (κ2) is 4.86. The number of amides is 1. The van der Waals surface area contributed by atoms with Gasteiger partial charge in [-0.1, -0.05) is 35.2 Å². The molecule has 86 valence electrons. The third kappa shape index (κ3) is 2.55. The summed E-state index contributed by atoms with van der Waals surface area (Å²) in [6.45, 7) is 1.99.